The van der Waals surface area contributed by atoms with Gasteiger partial charge in [0.25, 0.3) is 0 Å². The van der Waals surface area contributed by atoms with Crippen molar-refractivity contribution >= 4 is 26.4 Å². The standard InChI is InChI=1S/C13H14N2S/c1-7(2)9-5-4-8(3)12-11(9)10(6-14)13(15)16-12/h4-5,7H,15H2,1-3H3. The van der Waals surface area contributed by atoms with Crippen LogP contribution in [0.5, 0.6) is 0 Å². The predicted octanol–water partition coefficient (Wildman–Crippen LogP) is 3.79. The summed E-state index contributed by atoms with van der Waals surface area (Å²) in [4.78, 5) is 0. The van der Waals surface area contributed by atoms with Crippen molar-refractivity contribution in [2.75, 3.05) is 5.73 Å². The average molecular weight is 230 g/mol. The first kappa shape index (κ1) is 11.0. The van der Waals surface area contributed by atoms with Crippen molar-refractivity contribution in [3.8, 4) is 6.07 Å². The van der Waals surface area contributed by atoms with Crippen molar-refractivity contribution in [3.05, 3.63) is 28.8 Å². The zero-order valence-electron chi connectivity index (χ0n) is 9.66. The molecule has 2 rings (SSSR count). The van der Waals surface area contributed by atoms with Gasteiger partial charge in [0.15, 0.2) is 0 Å². The summed E-state index contributed by atoms with van der Waals surface area (Å²) in [5.41, 5.74) is 8.95. The van der Waals surface area contributed by atoms with Crippen LogP contribution in [-0.2, 0) is 0 Å². The molecular formula is C13H14N2S. The molecule has 0 saturated heterocycles. The molecule has 3 heteroatoms. The average Bonchev–Trinajstić information content (AvgIpc) is 2.55. The number of anilines is 1. The molecule has 2 N–H and O–H groups in total. The topological polar surface area (TPSA) is 49.8 Å². The number of nitrogen functional groups attached to an aromatic ring is 1. The molecule has 0 atom stereocenters. The Bertz CT molecular complexity index is 588. The molecule has 0 unspecified atom stereocenters. The van der Waals surface area contributed by atoms with Gasteiger partial charge in [-0.15, -0.1) is 11.3 Å². The van der Waals surface area contributed by atoms with Crippen LogP contribution in [0.2, 0.25) is 0 Å². The smallest absolute Gasteiger partial charge is 0.105 e. The summed E-state index contributed by atoms with van der Waals surface area (Å²) in [5, 5.41) is 10.9. The van der Waals surface area contributed by atoms with Crippen LogP contribution in [-0.4, -0.2) is 0 Å². The molecule has 0 aliphatic rings. The molecular weight excluding hydrogens is 216 g/mol. The van der Waals surface area contributed by atoms with Gasteiger partial charge in [-0.3, -0.25) is 0 Å². The monoisotopic (exact) mass is 230 g/mol. The Morgan fingerprint density at radius 1 is 1.38 bits per heavy atom. The Labute approximate surface area is 99.3 Å². The van der Waals surface area contributed by atoms with Crippen LogP contribution in [0.25, 0.3) is 10.1 Å². The first-order valence-electron chi connectivity index (χ1n) is 5.27. The van der Waals surface area contributed by atoms with Gasteiger partial charge in [-0.2, -0.15) is 5.26 Å². The van der Waals surface area contributed by atoms with Crippen LogP contribution in [0, 0.1) is 18.3 Å². The minimum absolute atomic E-state index is 0.407. The maximum Gasteiger partial charge on any atom is 0.105 e. The third kappa shape index (κ3) is 1.46. The highest BCUT2D eigenvalue weighted by Crippen LogP contribution is 2.39. The van der Waals surface area contributed by atoms with Crippen molar-refractivity contribution in [1.82, 2.24) is 0 Å². The second-order valence-corrected chi connectivity index (χ2v) is 5.34. The van der Waals surface area contributed by atoms with Crippen molar-refractivity contribution in [3.63, 3.8) is 0 Å². The molecule has 2 aromatic rings. The van der Waals surface area contributed by atoms with E-state index in [9.17, 15) is 5.26 Å². The van der Waals surface area contributed by atoms with E-state index < -0.39 is 0 Å². The van der Waals surface area contributed by atoms with Gasteiger partial charge in [-0.05, 0) is 24.0 Å². The van der Waals surface area contributed by atoms with Crippen LogP contribution in [0.15, 0.2) is 12.1 Å². The Hall–Kier alpha value is -1.53. The van der Waals surface area contributed by atoms with Crippen LogP contribution in [0.1, 0.15) is 36.5 Å². The molecule has 0 saturated carbocycles. The lowest BCUT2D eigenvalue weighted by atomic mass is 9.95. The van der Waals surface area contributed by atoms with Gasteiger partial charge < -0.3 is 5.73 Å². The minimum atomic E-state index is 0.407. The Kier molecular flexibility index (Phi) is 2.61. The Morgan fingerprint density at radius 2 is 2.06 bits per heavy atom. The second kappa shape index (κ2) is 3.80. The van der Waals surface area contributed by atoms with Crippen LogP contribution >= 0.6 is 11.3 Å². The number of nitrogens with zero attached hydrogens (tertiary/aromatic N) is 1. The van der Waals surface area contributed by atoms with E-state index in [4.69, 9.17) is 5.73 Å². The lowest BCUT2D eigenvalue weighted by Crippen LogP contribution is -1.91. The molecule has 0 fully saturated rings. The number of nitriles is 1. The summed E-state index contributed by atoms with van der Waals surface area (Å²) in [6.45, 7) is 6.34. The molecule has 1 aromatic carbocycles. The van der Waals surface area contributed by atoms with Crippen LogP contribution < -0.4 is 5.73 Å². The number of aryl methyl sites for hydroxylation is 1. The molecule has 2 nitrogen and oxygen atoms in total. The third-order valence-corrected chi connectivity index (χ3v) is 3.98. The van der Waals surface area contributed by atoms with Crippen LogP contribution in [0.4, 0.5) is 5.00 Å². The largest absolute Gasteiger partial charge is 0.389 e. The molecule has 82 valence electrons. The lowest BCUT2D eigenvalue weighted by molar-refractivity contribution is 0.876. The normalized spacial score (nSPS) is 10.9. The summed E-state index contributed by atoms with van der Waals surface area (Å²) in [7, 11) is 0. The zero-order valence-corrected chi connectivity index (χ0v) is 10.5. The molecule has 0 bridgehead atoms. The summed E-state index contributed by atoms with van der Waals surface area (Å²) < 4.78 is 1.15. The molecule has 0 radical (unpaired) electrons. The number of benzene rings is 1. The van der Waals surface area contributed by atoms with E-state index in [1.807, 2.05) is 0 Å². The number of nitrogens with two attached hydrogens (primary N) is 1. The third-order valence-electron chi connectivity index (χ3n) is 2.83. The van der Waals surface area contributed by atoms with Crippen molar-refractivity contribution in [1.29, 1.82) is 5.26 Å². The number of hydrogen-bond acceptors (Lipinski definition) is 3. The van der Waals surface area contributed by atoms with Crippen molar-refractivity contribution in [2.45, 2.75) is 26.7 Å². The highest BCUT2D eigenvalue weighted by Gasteiger charge is 2.16. The Balaban J connectivity index is 2.96. The van der Waals surface area contributed by atoms with Gasteiger partial charge in [0.05, 0.1) is 5.56 Å². The molecule has 0 aliphatic heterocycles. The molecule has 1 aromatic heterocycles. The molecule has 0 aliphatic carbocycles. The summed E-state index contributed by atoms with van der Waals surface area (Å²) in [6.07, 6.45) is 0. The van der Waals surface area contributed by atoms with E-state index in [0.29, 0.717) is 16.5 Å². The van der Waals surface area contributed by atoms with Gasteiger partial charge in [0.1, 0.15) is 11.1 Å². The maximum atomic E-state index is 9.18. The van der Waals surface area contributed by atoms with Gasteiger partial charge >= 0.3 is 0 Å². The summed E-state index contributed by atoms with van der Waals surface area (Å²) >= 11 is 1.52. The molecule has 1 heterocycles. The zero-order chi connectivity index (χ0) is 11.9. The van der Waals surface area contributed by atoms with Crippen LogP contribution in [0.3, 0.4) is 0 Å². The number of thiophene rings is 1. The quantitative estimate of drug-likeness (QED) is 0.810. The van der Waals surface area contributed by atoms with Gasteiger partial charge in [-0.25, -0.2) is 0 Å². The van der Waals surface area contributed by atoms with Gasteiger partial charge in [0, 0.05) is 10.1 Å². The molecule has 0 spiro atoms. The van der Waals surface area contributed by atoms with Gasteiger partial charge in [0.2, 0.25) is 0 Å². The highest BCUT2D eigenvalue weighted by atomic mass is 32.1. The van der Waals surface area contributed by atoms with Crippen molar-refractivity contribution < 1.29 is 0 Å². The fourth-order valence-electron chi connectivity index (χ4n) is 1.97. The van der Waals surface area contributed by atoms with Gasteiger partial charge in [-0.1, -0.05) is 26.0 Å². The first-order valence-corrected chi connectivity index (χ1v) is 6.09. The minimum Gasteiger partial charge on any atom is -0.389 e. The Morgan fingerprint density at radius 3 is 2.62 bits per heavy atom. The second-order valence-electron chi connectivity index (χ2n) is 4.28. The maximum absolute atomic E-state index is 9.18. The van der Waals surface area contributed by atoms with E-state index in [1.54, 1.807) is 0 Å². The highest BCUT2D eigenvalue weighted by molar-refractivity contribution is 7.23. The summed E-state index contributed by atoms with van der Waals surface area (Å²) in [6, 6.07) is 6.44. The number of rotatable bonds is 1. The predicted molar refractivity (Wildman–Crippen MR) is 69.8 cm³/mol. The van der Waals surface area contributed by atoms with E-state index in [-0.39, 0.29) is 0 Å². The van der Waals surface area contributed by atoms with E-state index >= 15 is 0 Å². The van der Waals surface area contributed by atoms with E-state index in [1.165, 1.54) is 22.5 Å². The number of hydrogen-bond donors (Lipinski definition) is 1. The first-order chi connectivity index (χ1) is 7.56. The molecule has 16 heavy (non-hydrogen) atoms. The summed E-state index contributed by atoms with van der Waals surface area (Å²) in [5.74, 6) is 0.407. The van der Waals surface area contributed by atoms with Crippen molar-refractivity contribution in [2.24, 2.45) is 0 Å². The SMILES string of the molecule is Cc1ccc(C(C)C)c2c(C#N)c(N)sc12. The fraction of sp³-hybridized carbons (Fsp3) is 0.308. The number of fused-ring (bicyclic) bond motifs is 1. The van der Waals surface area contributed by atoms with E-state index in [2.05, 4.69) is 39.0 Å². The van der Waals surface area contributed by atoms with E-state index in [0.717, 1.165) is 10.1 Å². The molecule has 0 amide bonds. The lowest BCUT2D eigenvalue weighted by Gasteiger charge is -2.08. The fourth-order valence-corrected chi connectivity index (χ4v) is 2.99.